The molecular weight excluding hydrogens is 413 g/mol. The quantitative estimate of drug-likeness (QED) is 0.761. The standard InChI is InChI=1S/2C9H8ClFN2O/c2*10-6-3-5(1-2-7(6)11)8-4-14-9(12)13-8/h2*1-3,8H,4H2,(H2,12,13)/t8-;/m0./s1. The highest BCUT2D eigenvalue weighted by molar-refractivity contribution is 6.31. The Hall–Kier alpha value is -2.58. The predicted octanol–water partition coefficient (Wildman–Crippen LogP) is 3.73. The second kappa shape index (κ2) is 8.62. The number of ether oxygens (including phenoxy) is 2. The second-order valence-electron chi connectivity index (χ2n) is 5.94. The Balaban J connectivity index is 0.000000161. The van der Waals surface area contributed by atoms with Gasteiger partial charge in [-0.1, -0.05) is 35.3 Å². The highest BCUT2D eigenvalue weighted by Crippen LogP contribution is 2.27. The second-order valence-corrected chi connectivity index (χ2v) is 6.75. The molecule has 2 aromatic carbocycles. The lowest BCUT2D eigenvalue weighted by Crippen LogP contribution is -2.10. The molecule has 2 aliphatic heterocycles. The molecular formula is C18H16Cl2F2N4O2. The molecule has 0 aromatic heterocycles. The monoisotopic (exact) mass is 428 g/mol. The van der Waals surface area contributed by atoms with Crippen LogP contribution in [0.25, 0.3) is 0 Å². The van der Waals surface area contributed by atoms with Crippen molar-refractivity contribution in [1.82, 2.24) is 0 Å². The molecule has 10 heteroatoms. The van der Waals surface area contributed by atoms with Crippen LogP contribution in [0.4, 0.5) is 8.78 Å². The van der Waals surface area contributed by atoms with Crippen molar-refractivity contribution in [3.8, 4) is 0 Å². The molecule has 6 nitrogen and oxygen atoms in total. The predicted molar refractivity (Wildman–Crippen MR) is 103 cm³/mol. The molecule has 0 saturated heterocycles. The molecule has 0 bridgehead atoms. The first-order valence-electron chi connectivity index (χ1n) is 8.15. The summed E-state index contributed by atoms with van der Waals surface area (Å²) < 4.78 is 35.6. The lowest BCUT2D eigenvalue weighted by atomic mass is 10.1. The van der Waals surface area contributed by atoms with Gasteiger partial charge in [-0.05, 0) is 35.4 Å². The first-order valence-corrected chi connectivity index (χ1v) is 8.91. The number of aliphatic imine (C=N–C) groups is 2. The minimum atomic E-state index is -0.439. The fourth-order valence-corrected chi connectivity index (χ4v) is 2.94. The van der Waals surface area contributed by atoms with Crippen molar-refractivity contribution in [2.24, 2.45) is 21.5 Å². The van der Waals surface area contributed by atoms with Crippen LogP contribution in [0, 0.1) is 11.6 Å². The third-order valence-electron chi connectivity index (χ3n) is 4.00. The minimum absolute atomic E-state index is 0.0863. The minimum Gasteiger partial charge on any atom is -0.463 e. The maximum absolute atomic E-state index is 12.8. The van der Waals surface area contributed by atoms with Crippen molar-refractivity contribution in [1.29, 1.82) is 0 Å². The zero-order valence-electron chi connectivity index (χ0n) is 14.4. The average molecular weight is 429 g/mol. The highest BCUT2D eigenvalue weighted by atomic mass is 35.5. The zero-order chi connectivity index (χ0) is 20.3. The third kappa shape index (κ3) is 4.82. The molecule has 28 heavy (non-hydrogen) atoms. The highest BCUT2D eigenvalue weighted by Gasteiger charge is 2.20. The summed E-state index contributed by atoms with van der Waals surface area (Å²) in [7, 11) is 0. The van der Waals surface area contributed by atoms with Crippen LogP contribution in [-0.2, 0) is 9.47 Å². The zero-order valence-corrected chi connectivity index (χ0v) is 15.9. The number of benzene rings is 2. The van der Waals surface area contributed by atoms with E-state index >= 15 is 0 Å². The normalized spacial score (nSPS) is 20.4. The van der Waals surface area contributed by atoms with Gasteiger partial charge in [0, 0.05) is 0 Å². The van der Waals surface area contributed by atoms with Gasteiger partial charge < -0.3 is 20.9 Å². The van der Waals surface area contributed by atoms with E-state index in [1.54, 1.807) is 12.1 Å². The van der Waals surface area contributed by atoms with Crippen LogP contribution in [0.5, 0.6) is 0 Å². The summed E-state index contributed by atoms with van der Waals surface area (Å²) in [5, 5.41) is 0.173. The Bertz CT molecular complexity index is 864. The van der Waals surface area contributed by atoms with E-state index in [2.05, 4.69) is 9.98 Å². The van der Waals surface area contributed by atoms with Crippen LogP contribution < -0.4 is 11.5 Å². The van der Waals surface area contributed by atoms with Gasteiger partial charge >= 0.3 is 0 Å². The SMILES string of the molecule is NC1=NC(c2ccc(F)c(Cl)c2)CO1.NC1=N[C@H](c2ccc(F)c(Cl)c2)CO1. The molecule has 1 unspecified atom stereocenters. The summed E-state index contributed by atoms with van der Waals surface area (Å²) in [6, 6.07) is 8.91. The van der Waals surface area contributed by atoms with Crippen molar-refractivity contribution in [2.75, 3.05) is 13.2 Å². The summed E-state index contributed by atoms with van der Waals surface area (Å²) in [6.07, 6.45) is 0. The molecule has 0 aliphatic carbocycles. The number of nitrogens with zero attached hydrogens (tertiary/aromatic N) is 2. The smallest absolute Gasteiger partial charge is 0.282 e. The fraction of sp³-hybridized carbons (Fsp3) is 0.222. The van der Waals surface area contributed by atoms with Crippen molar-refractivity contribution in [3.63, 3.8) is 0 Å². The van der Waals surface area contributed by atoms with Crippen molar-refractivity contribution < 1.29 is 18.3 Å². The van der Waals surface area contributed by atoms with Crippen LogP contribution in [0.3, 0.4) is 0 Å². The first kappa shape index (κ1) is 20.2. The van der Waals surface area contributed by atoms with Gasteiger partial charge in [0.1, 0.15) is 36.9 Å². The van der Waals surface area contributed by atoms with E-state index < -0.39 is 11.6 Å². The van der Waals surface area contributed by atoms with E-state index in [1.807, 2.05) is 0 Å². The lowest BCUT2D eigenvalue weighted by molar-refractivity contribution is 0.315. The van der Waals surface area contributed by atoms with E-state index in [9.17, 15) is 8.78 Å². The Labute approximate surface area is 169 Å². The molecule has 2 atom stereocenters. The van der Waals surface area contributed by atoms with Gasteiger partial charge in [-0.2, -0.15) is 0 Å². The maximum atomic E-state index is 12.8. The average Bonchev–Trinajstić information content (AvgIpc) is 3.29. The number of hydrogen-bond acceptors (Lipinski definition) is 6. The number of halogens is 4. The largest absolute Gasteiger partial charge is 0.463 e. The molecule has 2 heterocycles. The van der Waals surface area contributed by atoms with Crippen molar-refractivity contribution in [2.45, 2.75) is 12.1 Å². The summed E-state index contributed by atoms with van der Waals surface area (Å²) >= 11 is 11.3. The van der Waals surface area contributed by atoms with Gasteiger partial charge in [0.15, 0.2) is 0 Å². The molecule has 0 saturated carbocycles. The number of amidine groups is 2. The van der Waals surface area contributed by atoms with Gasteiger partial charge in [0.2, 0.25) is 0 Å². The summed E-state index contributed by atoms with van der Waals surface area (Å²) in [4.78, 5) is 8.04. The molecule has 2 aliphatic rings. The Kier molecular flexibility index (Phi) is 6.21. The van der Waals surface area contributed by atoms with Gasteiger partial charge in [-0.3, -0.25) is 0 Å². The number of nitrogens with two attached hydrogens (primary N) is 2. The topological polar surface area (TPSA) is 95.2 Å². The van der Waals surface area contributed by atoms with E-state index in [1.165, 1.54) is 24.3 Å². The molecule has 148 valence electrons. The van der Waals surface area contributed by atoms with E-state index in [0.717, 1.165) is 11.1 Å². The maximum Gasteiger partial charge on any atom is 0.282 e. The van der Waals surface area contributed by atoms with E-state index in [0.29, 0.717) is 13.2 Å². The van der Waals surface area contributed by atoms with E-state index in [4.69, 9.17) is 44.1 Å². The first-order chi connectivity index (χ1) is 13.3. The Morgan fingerprint density at radius 1 is 0.786 bits per heavy atom. The van der Waals surface area contributed by atoms with Crippen LogP contribution in [0.1, 0.15) is 23.2 Å². The Morgan fingerprint density at radius 3 is 1.46 bits per heavy atom. The molecule has 4 rings (SSSR count). The summed E-state index contributed by atoms with van der Waals surface area (Å²) in [6.45, 7) is 0.765. The van der Waals surface area contributed by atoms with Gasteiger partial charge in [0.05, 0.1) is 10.0 Å². The van der Waals surface area contributed by atoms with Gasteiger partial charge in [0.25, 0.3) is 12.0 Å². The molecule has 0 amide bonds. The molecule has 2 aromatic rings. The lowest BCUT2D eigenvalue weighted by Gasteiger charge is -2.05. The summed E-state index contributed by atoms with van der Waals surface area (Å²) in [5.41, 5.74) is 12.3. The number of hydrogen-bond donors (Lipinski definition) is 2. The van der Waals surface area contributed by atoms with Crippen molar-refractivity contribution >= 4 is 35.2 Å². The van der Waals surface area contributed by atoms with Gasteiger partial charge in [-0.25, -0.2) is 18.8 Å². The summed E-state index contributed by atoms with van der Waals surface area (Å²) in [5.74, 6) is -0.877. The van der Waals surface area contributed by atoms with Crippen molar-refractivity contribution in [3.05, 3.63) is 69.2 Å². The Morgan fingerprint density at radius 2 is 1.18 bits per heavy atom. The third-order valence-corrected chi connectivity index (χ3v) is 4.58. The van der Waals surface area contributed by atoms with Crippen LogP contribution in [-0.4, -0.2) is 25.3 Å². The van der Waals surface area contributed by atoms with Crippen LogP contribution in [0.2, 0.25) is 10.0 Å². The number of rotatable bonds is 2. The van der Waals surface area contributed by atoms with Gasteiger partial charge in [-0.15, -0.1) is 0 Å². The van der Waals surface area contributed by atoms with Crippen LogP contribution >= 0.6 is 23.2 Å². The molecule has 4 N–H and O–H groups in total. The van der Waals surface area contributed by atoms with Crippen LogP contribution in [0.15, 0.2) is 46.4 Å². The molecule has 0 spiro atoms. The molecule has 0 fully saturated rings. The molecule has 0 radical (unpaired) electrons. The fourth-order valence-electron chi connectivity index (χ4n) is 2.57. The van der Waals surface area contributed by atoms with E-state index in [-0.39, 0.29) is 34.2 Å².